The van der Waals surface area contributed by atoms with Gasteiger partial charge in [0.1, 0.15) is 11.4 Å². The highest BCUT2D eigenvalue weighted by Crippen LogP contribution is 2.26. The third kappa shape index (κ3) is 3.75. The van der Waals surface area contributed by atoms with Crippen LogP contribution in [-0.4, -0.2) is 15.7 Å². The fourth-order valence-electron chi connectivity index (χ4n) is 3.14. The van der Waals surface area contributed by atoms with E-state index in [2.05, 4.69) is 5.32 Å². The maximum atomic E-state index is 13.1. The minimum atomic E-state index is -0.145. The van der Waals surface area contributed by atoms with Crippen molar-refractivity contribution in [2.75, 3.05) is 0 Å². The number of hydrogen-bond acceptors (Lipinski definition) is 3. The Bertz CT molecular complexity index is 1080. The summed E-state index contributed by atoms with van der Waals surface area (Å²) in [4.78, 5) is 14.2. The molecule has 2 aromatic heterocycles. The van der Waals surface area contributed by atoms with Crippen LogP contribution in [-0.2, 0) is 0 Å². The summed E-state index contributed by atoms with van der Waals surface area (Å²) in [6, 6.07) is 23.7. The van der Waals surface area contributed by atoms with Gasteiger partial charge >= 0.3 is 0 Å². The van der Waals surface area contributed by atoms with Crippen LogP contribution < -0.4 is 5.32 Å². The first kappa shape index (κ1) is 18.2. The number of hydrogen-bond donors (Lipinski definition) is 1. The second-order valence-corrected chi connectivity index (χ2v) is 7.70. The van der Waals surface area contributed by atoms with Crippen LogP contribution in [0.4, 0.5) is 0 Å². The normalized spacial score (nSPS) is 11.9. The lowest BCUT2D eigenvalue weighted by Crippen LogP contribution is -2.28. The molecule has 28 heavy (non-hydrogen) atoms. The summed E-state index contributed by atoms with van der Waals surface area (Å²) < 4.78 is 1.73. The second kappa shape index (κ2) is 7.82. The molecular formula is C23H21N3OS. The zero-order valence-corrected chi connectivity index (χ0v) is 16.6. The Hall–Kier alpha value is -3.18. The number of rotatable bonds is 5. The fraction of sp³-hybridized carbons (Fsp3) is 0.130. The molecule has 0 fully saturated rings. The Morgan fingerprint density at radius 1 is 1.04 bits per heavy atom. The van der Waals surface area contributed by atoms with Crippen LogP contribution in [0.25, 0.3) is 16.3 Å². The molecule has 0 aliphatic carbocycles. The second-order valence-electron chi connectivity index (χ2n) is 6.75. The summed E-state index contributed by atoms with van der Waals surface area (Å²) in [5.41, 5.74) is 4.39. The molecule has 0 unspecified atom stereocenters. The molecule has 4 rings (SSSR count). The van der Waals surface area contributed by atoms with Crippen molar-refractivity contribution in [1.29, 1.82) is 0 Å². The lowest BCUT2D eigenvalue weighted by molar-refractivity contribution is 0.0932. The molecule has 2 heterocycles. The lowest BCUT2D eigenvalue weighted by Gasteiger charge is -2.15. The Morgan fingerprint density at radius 3 is 2.57 bits per heavy atom. The Morgan fingerprint density at radius 2 is 1.86 bits per heavy atom. The monoisotopic (exact) mass is 387 g/mol. The van der Waals surface area contributed by atoms with Crippen LogP contribution in [0.15, 0.2) is 78.2 Å². The first-order valence-electron chi connectivity index (χ1n) is 9.18. The molecule has 0 radical (unpaired) electrons. The van der Waals surface area contributed by atoms with Crippen molar-refractivity contribution >= 4 is 17.2 Å². The van der Waals surface area contributed by atoms with Gasteiger partial charge in [-0.2, -0.15) is 5.10 Å². The van der Waals surface area contributed by atoms with Crippen LogP contribution in [0.3, 0.4) is 0 Å². The van der Waals surface area contributed by atoms with Gasteiger partial charge in [-0.15, -0.1) is 11.3 Å². The molecular weight excluding hydrogens is 366 g/mol. The highest BCUT2D eigenvalue weighted by molar-refractivity contribution is 7.13. The molecule has 1 amide bonds. The summed E-state index contributed by atoms with van der Waals surface area (Å²) in [6.45, 7) is 4.02. The van der Waals surface area contributed by atoms with E-state index in [1.54, 1.807) is 16.0 Å². The maximum Gasteiger partial charge on any atom is 0.270 e. The van der Waals surface area contributed by atoms with Crippen molar-refractivity contribution in [3.8, 4) is 16.3 Å². The first-order chi connectivity index (χ1) is 13.6. The molecule has 1 N–H and O–H groups in total. The van der Waals surface area contributed by atoms with E-state index in [1.807, 2.05) is 92.0 Å². The van der Waals surface area contributed by atoms with Crippen LogP contribution in [0, 0.1) is 6.92 Å². The maximum absolute atomic E-state index is 13.1. The molecule has 0 spiro atoms. The van der Waals surface area contributed by atoms with Crippen LogP contribution >= 0.6 is 11.3 Å². The smallest absolute Gasteiger partial charge is 0.270 e. The minimum Gasteiger partial charge on any atom is -0.344 e. The van der Waals surface area contributed by atoms with Gasteiger partial charge in [-0.3, -0.25) is 4.79 Å². The van der Waals surface area contributed by atoms with E-state index in [4.69, 9.17) is 5.10 Å². The zero-order chi connectivity index (χ0) is 19.5. The van der Waals surface area contributed by atoms with Crippen molar-refractivity contribution in [2.24, 2.45) is 0 Å². The van der Waals surface area contributed by atoms with Gasteiger partial charge < -0.3 is 5.32 Å². The predicted molar refractivity (Wildman–Crippen MR) is 114 cm³/mol. The van der Waals surface area contributed by atoms with E-state index in [0.717, 1.165) is 27.4 Å². The van der Waals surface area contributed by atoms with Crippen LogP contribution in [0.5, 0.6) is 0 Å². The number of carbonyl (C=O) groups excluding carboxylic acids is 1. The van der Waals surface area contributed by atoms with Gasteiger partial charge in [-0.1, -0.05) is 48.5 Å². The predicted octanol–water partition coefficient (Wildman–Crippen LogP) is 5.40. The molecule has 2 aromatic carbocycles. The summed E-state index contributed by atoms with van der Waals surface area (Å²) >= 11 is 1.61. The number of nitrogens with one attached hydrogen (secondary N) is 1. The number of thiophene rings is 1. The molecule has 4 nitrogen and oxygen atoms in total. The van der Waals surface area contributed by atoms with Gasteiger partial charge in [-0.25, -0.2) is 4.68 Å². The van der Waals surface area contributed by atoms with Gasteiger partial charge in [0.05, 0.1) is 16.6 Å². The van der Waals surface area contributed by atoms with E-state index in [1.165, 1.54) is 0 Å². The highest BCUT2D eigenvalue weighted by Gasteiger charge is 2.20. The third-order valence-corrected chi connectivity index (χ3v) is 5.50. The van der Waals surface area contributed by atoms with Gasteiger partial charge in [0.2, 0.25) is 0 Å². The van der Waals surface area contributed by atoms with E-state index >= 15 is 0 Å². The Labute approximate surface area is 168 Å². The van der Waals surface area contributed by atoms with Crippen molar-refractivity contribution in [1.82, 2.24) is 15.1 Å². The van der Waals surface area contributed by atoms with Gasteiger partial charge in [0, 0.05) is 0 Å². The topological polar surface area (TPSA) is 46.9 Å². The number of aromatic nitrogens is 2. The van der Waals surface area contributed by atoms with E-state index in [-0.39, 0.29) is 11.9 Å². The Kier molecular flexibility index (Phi) is 5.08. The lowest BCUT2D eigenvalue weighted by atomic mass is 10.1. The number of aryl methyl sites for hydroxylation is 1. The van der Waals surface area contributed by atoms with Crippen LogP contribution in [0.1, 0.15) is 34.6 Å². The fourth-order valence-corrected chi connectivity index (χ4v) is 3.82. The molecule has 0 saturated heterocycles. The highest BCUT2D eigenvalue weighted by atomic mass is 32.1. The van der Waals surface area contributed by atoms with E-state index < -0.39 is 0 Å². The van der Waals surface area contributed by atoms with Gasteiger partial charge in [0.25, 0.3) is 5.91 Å². The van der Waals surface area contributed by atoms with Crippen molar-refractivity contribution < 1.29 is 4.79 Å². The molecule has 0 bridgehead atoms. The standard InChI is InChI=1S/C23H21N3OS/c1-16-8-6-11-19(14-16)26-21(15-20(25-26)22-12-7-13-28-22)23(27)24-17(2)18-9-4-3-5-10-18/h3-15,17H,1-2H3,(H,24,27)/t17-/m0/s1. The third-order valence-electron chi connectivity index (χ3n) is 4.61. The molecule has 0 aliphatic heterocycles. The van der Waals surface area contributed by atoms with Crippen molar-refractivity contribution in [3.63, 3.8) is 0 Å². The number of benzene rings is 2. The summed E-state index contributed by atoms with van der Waals surface area (Å²) in [5.74, 6) is -0.145. The molecule has 4 aromatic rings. The quantitative estimate of drug-likeness (QED) is 0.498. The SMILES string of the molecule is Cc1cccc(-n2nc(-c3cccs3)cc2C(=O)N[C@@H](C)c2ccccc2)c1. The molecule has 0 aliphatic rings. The average molecular weight is 388 g/mol. The molecule has 0 saturated carbocycles. The summed E-state index contributed by atoms with van der Waals surface area (Å²) in [6.07, 6.45) is 0. The largest absolute Gasteiger partial charge is 0.344 e. The molecule has 140 valence electrons. The number of carbonyl (C=O) groups is 1. The van der Waals surface area contributed by atoms with Crippen molar-refractivity contribution in [3.05, 3.63) is 95.0 Å². The first-order valence-corrected chi connectivity index (χ1v) is 10.1. The summed E-state index contributed by atoms with van der Waals surface area (Å²) in [5, 5.41) is 9.84. The molecule has 5 heteroatoms. The summed E-state index contributed by atoms with van der Waals surface area (Å²) in [7, 11) is 0. The van der Waals surface area contributed by atoms with E-state index in [9.17, 15) is 4.79 Å². The average Bonchev–Trinajstić information content (AvgIpc) is 3.38. The van der Waals surface area contributed by atoms with E-state index in [0.29, 0.717) is 5.69 Å². The van der Waals surface area contributed by atoms with Gasteiger partial charge in [0.15, 0.2) is 0 Å². The number of amides is 1. The van der Waals surface area contributed by atoms with Crippen molar-refractivity contribution in [2.45, 2.75) is 19.9 Å². The molecule has 1 atom stereocenters. The minimum absolute atomic E-state index is 0.0975. The number of nitrogens with zero attached hydrogens (tertiary/aromatic N) is 2. The zero-order valence-electron chi connectivity index (χ0n) is 15.8. The Balaban J connectivity index is 1.71. The van der Waals surface area contributed by atoms with Crippen LogP contribution in [0.2, 0.25) is 0 Å². The van der Waals surface area contributed by atoms with Gasteiger partial charge in [-0.05, 0) is 54.6 Å².